The first kappa shape index (κ1) is 21.3. The Labute approximate surface area is 175 Å². The van der Waals surface area contributed by atoms with E-state index in [4.69, 9.17) is 4.74 Å². The number of nitrogens with one attached hydrogen (secondary N) is 1. The number of ether oxygens (including phenoxy) is 1. The van der Waals surface area contributed by atoms with Crippen LogP contribution in [0.15, 0.2) is 47.3 Å². The Bertz CT molecular complexity index is 1070. The first-order valence-corrected chi connectivity index (χ1v) is 9.95. The van der Waals surface area contributed by atoms with Crippen molar-refractivity contribution in [1.29, 1.82) is 0 Å². The molecule has 0 bridgehead atoms. The zero-order chi connectivity index (χ0) is 21.7. The summed E-state index contributed by atoms with van der Waals surface area (Å²) in [5.74, 6) is 1.38. The Hall–Kier alpha value is -3.42. The molecule has 0 atom stereocenters. The fraction of sp³-hybridized carbons (Fsp3) is 0.364. The van der Waals surface area contributed by atoms with Gasteiger partial charge in [-0.25, -0.2) is 9.36 Å². The van der Waals surface area contributed by atoms with Gasteiger partial charge >= 0.3 is 0 Å². The summed E-state index contributed by atoms with van der Waals surface area (Å²) in [6.07, 6.45) is 0. The zero-order valence-electron chi connectivity index (χ0n) is 17.8. The third-order valence-corrected chi connectivity index (χ3v) is 4.64. The molecule has 0 aliphatic heterocycles. The third kappa shape index (κ3) is 5.34. The number of aromatic nitrogens is 4. The molecule has 158 valence electrons. The van der Waals surface area contributed by atoms with Crippen LogP contribution in [0.5, 0.6) is 5.75 Å². The molecule has 0 aliphatic rings. The van der Waals surface area contributed by atoms with E-state index in [1.165, 1.54) is 16.3 Å². The van der Waals surface area contributed by atoms with Crippen LogP contribution in [0.2, 0.25) is 0 Å². The van der Waals surface area contributed by atoms with E-state index in [0.717, 1.165) is 11.4 Å². The summed E-state index contributed by atoms with van der Waals surface area (Å²) in [6.45, 7) is 8.49. The van der Waals surface area contributed by atoms with Crippen LogP contribution in [0, 0.1) is 13.8 Å². The Morgan fingerprint density at radius 2 is 1.83 bits per heavy atom. The highest BCUT2D eigenvalue weighted by Crippen LogP contribution is 2.18. The number of carbonyl (C=O) groups excluding carboxylic acids is 1. The van der Waals surface area contributed by atoms with Crippen LogP contribution in [0.4, 0.5) is 0 Å². The highest BCUT2D eigenvalue weighted by Gasteiger charge is 2.08. The molecule has 1 amide bonds. The lowest BCUT2D eigenvalue weighted by atomic mass is 10.0. The van der Waals surface area contributed by atoms with E-state index in [9.17, 15) is 9.59 Å². The van der Waals surface area contributed by atoms with Gasteiger partial charge in [-0.15, -0.1) is 5.10 Å². The molecule has 8 heteroatoms. The van der Waals surface area contributed by atoms with E-state index < -0.39 is 0 Å². The van der Waals surface area contributed by atoms with E-state index in [1.807, 2.05) is 44.2 Å². The molecule has 8 nitrogen and oxygen atoms in total. The number of aryl methyl sites for hydroxylation is 2. The molecule has 2 aromatic heterocycles. The standard InChI is InChI=1S/C22H27N5O3/c1-15(2)18-5-7-19(8-6-18)30-14-21(28)23-11-12-26-22(29)10-9-20(25-26)27-17(4)13-16(3)24-27/h5-10,13,15H,11-12,14H2,1-4H3,(H,23,28). The molecule has 0 radical (unpaired) electrons. The molecule has 0 unspecified atom stereocenters. The van der Waals surface area contributed by atoms with Gasteiger partial charge in [0.2, 0.25) is 0 Å². The van der Waals surface area contributed by atoms with Crippen molar-refractivity contribution in [3.05, 3.63) is 69.8 Å². The van der Waals surface area contributed by atoms with Crippen molar-refractivity contribution in [1.82, 2.24) is 24.9 Å². The summed E-state index contributed by atoms with van der Waals surface area (Å²) in [6, 6.07) is 12.7. The average molecular weight is 409 g/mol. The van der Waals surface area contributed by atoms with Crippen molar-refractivity contribution < 1.29 is 9.53 Å². The second-order valence-electron chi connectivity index (χ2n) is 7.45. The fourth-order valence-corrected chi connectivity index (χ4v) is 3.02. The van der Waals surface area contributed by atoms with Crippen LogP contribution in [0.25, 0.3) is 5.82 Å². The van der Waals surface area contributed by atoms with Crippen LogP contribution in [0.1, 0.15) is 36.7 Å². The van der Waals surface area contributed by atoms with E-state index in [0.29, 0.717) is 17.5 Å². The monoisotopic (exact) mass is 409 g/mol. The smallest absolute Gasteiger partial charge is 0.266 e. The maximum absolute atomic E-state index is 12.1. The SMILES string of the molecule is Cc1cc(C)n(-c2ccc(=O)n(CCNC(=O)COc3ccc(C(C)C)cc3)n2)n1. The van der Waals surface area contributed by atoms with Gasteiger partial charge in [-0.3, -0.25) is 9.59 Å². The molecule has 0 aliphatic carbocycles. The third-order valence-electron chi connectivity index (χ3n) is 4.64. The van der Waals surface area contributed by atoms with E-state index in [1.54, 1.807) is 10.7 Å². The minimum absolute atomic E-state index is 0.0881. The van der Waals surface area contributed by atoms with Gasteiger partial charge < -0.3 is 10.1 Å². The number of rotatable bonds is 8. The van der Waals surface area contributed by atoms with Gasteiger partial charge in [0.1, 0.15) is 5.75 Å². The Morgan fingerprint density at radius 3 is 2.47 bits per heavy atom. The van der Waals surface area contributed by atoms with Crippen molar-refractivity contribution in [2.45, 2.75) is 40.2 Å². The van der Waals surface area contributed by atoms with Gasteiger partial charge in [0.25, 0.3) is 11.5 Å². The lowest BCUT2D eigenvalue weighted by Crippen LogP contribution is -2.34. The predicted octanol–water partition coefficient (Wildman–Crippen LogP) is 2.36. The van der Waals surface area contributed by atoms with Crippen LogP contribution in [-0.2, 0) is 11.3 Å². The fourth-order valence-electron chi connectivity index (χ4n) is 3.02. The number of benzene rings is 1. The maximum Gasteiger partial charge on any atom is 0.266 e. The largest absolute Gasteiger partial charge is 0.484 e. The van der Waals surface area contributed by atoms with Crippen molar-refractivity contribution in [2.75, 3.05) is 13.2 Å². The van der Waals surface area contributed by atoms with Crippen LogP contribution < -0.4 is 15.6 Å². The number of hydrogen-bond donors (Lipinski definition) is 1. The highest BCUT2D eigenvalue weighted by molar-refractivity contribution is 5.77. The van der Waals surface area contributed by atoms with Crippen molar-refractivity contribution in [3.8, 4) is 11.6 Å². The van der Waals surface area contributed by atoms with Gasteiger partial charge in [0.15, 0.2) is 12.4 Å². The molecule has 2 heterocycles. The van der Waals surface area contributed by atoms with Crippen molar-refractivity contribution in [2.24, 2.45) is 0 Å². The Kier molecular flexibility index (Phi) is 6.66. The van der Waals surface area contributed by atoms with E-state index >= 15 is 0 Å². The first-order chi connectivity index (χ1) is 14.3. The Morgan fingerprint density at radius 1 is 1.10 bits per heavy atom. The lowest BCUT2D eigenvalue weighted by molar-refractivity contribution is -0.123. The van der Waals surface area contributed by atoms with Crippen molar-refractivity contribution in [3.63, 3.8) is 0 Å². The van der Waals surface area contributed by atoms with Gasteiger partial charge in [-0.1, -0.05) is 26.0 Å². The molecular weight excluding hydrogens is 382 g/mol. The summed E-state index contributed by atoms with van der Waals surface area (Å²) in [5, 5.41) is 11.5. The predicted molar refractivity (Wildman–Crippen MR) is 114 cm³/mol. The highest BCUT2D eigenvalue weighted by atomic mass is 16.5. The summed E-state index contributed by atoms with van der Waals surface area (Å²) >= 11 is 0. The number of carbonyl (C=O) groups is 1. The van der Waals surface area contributed by atoms with Gasteiger partial charge in [-0.2, -0.15) is 5.10 Å². The second-order valence-corrected chi connectivity index (χ2v) is 7.45. The molecule has 0 spiro atoms. The zero-order valence-corrected chi connectivity index (χ0v) is 17.8. The van der Waals surface area contributed by atoms with Crippen LogP contribution in [-0.4, -0.2) is 38.6 Å². The topological polar surface area (TPSA) is 91.0 Å². The lowest BCUT2D eigenvalue weighted by Gasteiger charge is -2.10. The molecular formula is C22H27N5O3. The summed E-state index contributed by atoms with van der Waals surface area (Å²) in [4.78, 5) is 24.1. The molecule has 1 aromatic carbocycles. The summed E-state index contributed by atoms with van der Waals surface area (Å²) < 4.78 is 8.51. The van der Waals surface area contributed by atoms with Crippen molar-refractivity contribution >= 4 is 5.91 Å². The van der Waals surface area contributed by atoms with Gasteiger partial charge in [0, 0.05) is 18.3 Å². The average Bonchev–Trinajstić information content (AvgIpc) is 3.06. The number of nitrogens with zero attached hydrogens (tertiary/aromatic N) is 4. The quantitative estimate of drug-likeness (QED) is 0.617. The maximum atomic E-state index is 12.1. The number of amides is 1. The normalized spacial score (nSPS) is 11.0. The van der Waals surface area contributed by atoms with Gasteiger partial charge in [0.05, 0.1) is 12.2 Å². The molecule has 3 rings (SSSR count). The first-order valence-electron chi connectivity index (χ1n) is 9.95. The van der Waals surface area contributed by atoms with Crippen LogP contribution in [0.3, 0.4) is 0 Å². The molecule has 30 heavy (non-hydrogen) atoms. The molecule has 3 aromatic rings. The minimum atomic E-state index is -0.259. The van der Waals surface area contributed by atoms with Gasteiger partial charge in [-0.05, 0) is 49.6 Å². The summed E-state index contributed by atoms with van der Waals surface area (Å²) in [5.41, 5.74) is 2.78. The minimum Gasteiger partial charge on any atom is -0.484 e. The van der Waals surface area contributed by atoms with Crippen LogP contribution >= 0.6 is 0 Å². The number of hydrogen-bond acceptors (Lipinski definition) is 5. The van der Waals surface area contributed by atoms with E-state index in [2.05, 4.69) is 29.4 Å². The second kappa shape index (κ2) is 9.39. The molecule has 0 fully saturated rings. The molecule has 0 saturated carbocycles. The Balaban J connectivity index is 1.52. The molecule has 0 saturated heterocycles. The van der Waals surface area contributed by atoms with E-state index in [-0.39, 0.29) is 31.2 Å². The molecule has 1 N–H and O–H groups in total. The summed E-state index contributed by atoms with van der Waals surface area (Å²) in [7, 11) is 0.